The van der Waals surface area contributed by atoms with Gasteiger partial charge < -0.3 is 24.8 Å². The molecule has 0 spiro atoms. The average Bonchev–Trinajstić information content (AvgIpc) is 2.72. The third kappa shape index (κ3) is 5.14. The minimum atomic E-state index is -4.60. The lowest BCUT2D eigenvalue weighted by Gasteiger charge is -2.24. The van der Waals surface area contributed by atoms with Crippen LogP contribution in [0.2, 0.25) is 0 Å². The van der Waals surface area contributed by atoms with E-state index in [0.717, 1.165) is 6.07 Å². The van der Waals surface area contributed by atoms with Gasteiger partial charge in [-0.1, -0.05) is 0 Å². The predicted molar refractivity (Wildman–Crippen MR) is 95.8 cm³/mol. The Kier molecular flexibility index (Phi) is 7.15. The average molecular weight is 429 g/mol. The number of aliphatic hydroxyl groups is 3. The standard InChI is InChI=1S/C17H17F2N3O8/c1-29-9-2-4-10(5-3-9)30-16(28)21-12-6-7-22(15(27)20-12)14(26)17(18,19)13(25)11(24)8-23/h2-7,11,13,23-25H,8H2,1H3,(H,20,21,27,28)/t11-,13-/m1/s1. The molecule has 1 amide bonds. The molecule has 11 nitrogen and oxygen atoms in total. The van der Waals surface area contributed by atoms with Crippen molar-refractivity contribution in [1.82, 2.24) is 9.55 Å². The Morgan fingerprint density at radius 2 is 1.80 bits per heavy atom. The third-order valence-electron chi connectivity index (χ3n) is 3.73. The van der Waals surface area contributed by atoms with Crippen LogP contribution in [-0.2, 0) is 0 Å². The molecule has 0 aliphatic carbocycles. The first kappa shape index (κ1) is 22.9. The van der Waals surface area contributed by atoms with E-state index in [-0.39, 0.29) is 10.3 Å². The van der Waals surface area contributed by atoms with E-state index >= 15 is 0 Å². The summed E-state index contributed by atoms with van der Waals surface area (Å²) in [6.07, 6.45) is -5.74. The number of nitrogens with one attached hydrogen (secondary N) is 1. The number of aliphatic hydroxyl groups excluding tert-OH is 3. The zero-order valence-electron chi connectivity index (χ0n) is 15.4. The molecule has 2 aromatic rings. The Hall–Kier alpha value is -3.42. The second-order valence-corrected chi connectivity index (χ2v) is 5.78. The van der Waals surface area contributed by atoms with Crippen molar-refractivity contribution in [2.45, 2.75) is 18.1 Å². The molecule has 1 heterocycles. The summed E-state index contributed by atoms with van der Waals surface area (Å²) in [6.45, 7) is -1.24. The number of hydrogen-bond donors (Lipinski definition) is 4. The highest BCUT2D eigenvalue weighted by atomic mass is 19.3. The molecule has 1 aromatic heterocycles. The summed E-state index contributed by atoms with van der Waals surface area (Å²) >= 11 is 0. The van der Waals surface area contributed by atoms with Crippen LogP contribution in [0.5, 0.6) is 11.5 Å². The Bertz CT molecular complexity index is 964. The lowest BCUT2D eigenvalue weighted by Crippen LogP contribution is -2.53. The number of carbonyl (C=O) groups excluding carboxylic acids is 2. The van der Waals surface area contributed by atoms with Gasteiger partial charge in [-0.25, -0.2) is 14.2 Å². The van der Waals surface area contributed by atoms with Gasteiger partial charge in [0.15, 0.2) is 6.10 Å². The molecule has 0 unspecified atom stereocenters. The van der Waals surface area contributed by atoms with Gasteiger partial charge in [-0.15, -0.1) is 0 Å². The minimum absolute atomic E-state index is 0.118. The molecule has 2 rings (SSSR count). The van der Waals surface area contributed by atoms with Gasteiger partial charge in [-0.05, 0) is 30.3 Å². The Morgan fingerprint density at radius 3 is 2.33 bits per heavy atom. The zero-order valence-corrected chi connectivity index (χ0v) is 15.4. The molecule has 4 N–H and O–H groups in total. The molecular formula is C17H17F2N3O8. The molecule has 0 fully saturated rings. The van der Waals surface area contributed by atoms with E-state index in [1.165, 1.54) is 31.4 Å². The van der Waals surface area contributed by atoms with E-state index in [1.54, 1.807) is 0 Å². The SMILES string of the molecule is COc1ccc(OC(=O)Nc2ccn(C(=O)C(F)(F)[C@H](O)[C@H](O)CO)c(=O)n2)cc1. The van der Waals surface area contributed by atoms with Gasteiger partial charge in [0.05, 0.1) is 13.7 Å². The van der Waals surface area contributed by atoms with Crippen molar-refractivity contribution in [3.8, 4) is 11.5 Å². The first-order valence-corrected chi connectivity index (χ1v) is 8.22. The summed E-state index contributed by atoms with van der Waals surface area (Å²) in [5.74, 6) is -6.54. The quantitative estimate of drug-likeness (QED) is 0.469. The molecule has 0 saturated carbocycles. The number of anilines is 1. The Morgan fingerprint density at radius 1 is 1.20 bits per heavy atom. The molecular weight excluding hydrogens is 412 g/mol. The maximum absolute atomic E-state index is 14.0. The highest BCUT2D eigenvalue weighted by molar-refractivity contribution is 5.87. The smallest absolute Gasteiger partial charge is 0.418 e. The van der Waals surface area contributed by atoms with Crippen molar-refractivity contribution in [1.29, 1.82) is 0 Å². The van der Waals surface area contributed by atoms with Crippen molar-refractivity contribution >= 4 is 17.8 Å². The lowest BCUT2D eigenvalue weighted by molar-refractivity contribution is -0.136. The number of rotatable bonds is 7. The first-order valence-electron chi connectivity index (χ1n) is 8.22. The molecule has 0 radical (unpaired) electrons. The van der Waals surface area contributed by atoms with Crippen LogP contribution < -0.4 is 20.5 Å². The topological polar surface area (TPSA) is 160 Å². The fraction of sp³-hybridized carbons (Fsp3) is 0.294. The maximum Gasteiger partial charge on any atom is 0.418 e. The minimum Gasteiger partial charge on any atom is -0.497 e. The van der Waals surface area contributed by atoms with Crippen LogP contribution in [0.15, 0.2) is 41.3 Å². The number of amides is 1. The van der Waals surface area contributed by atoms with Crippen molar-refractivity contribution in [3.63, 3.8) is 0 Å². The number of nitrogens with zero attached hydrogens (tertiary/aromatic N) is 2. The van der Waals surface area contributed by atoms with E-state index in [9.17, 15) is 28.3 Å². The highest BCUT2D eigenvalue weighted by Crippen LogP contribution is 2.23. The number of hydrogen-bond acceptors (Lipinski definition) is 9. The first-order chi connectivity index (χ1) is 14.1. The van der Waals surface area contributed by atoms with E-state index in [1.807, 2.05) is 0 Å². The molecule has 0 aliphatic heterocycles. The van der Waals surface area contributed by atoms with Gasteiger partial charge in [-0.3, -0.25) is 10.1 Å². The molecule has 13 heteroatoms. The van der Waals surface area contributed by atoms with Crippen molar-refractivity contribution < 1.29 is 43.2 Å². The van der Waals surface area contributed by atoms with Gasteiger partial charge in [0.2, 0.25) is 0 Å². The summed E-state index contributed by atoms with van der Waals surface area (Å²) < 4.78 is 37.7. The fourth-order valence-electron chi connectivity index (χ4n) is 2.14. The number of ether oxygens (including phenoxy) is 2. The number of alkyl halides is 2. The number of halogens is 2. The van der Waals surface area contributed by atoms with E-state index in [2.05, 4.69) is 10.3 Å². The van der Waals surface area contributed by atoms with Crippen LogP contribution in [0.1, 0.15) is 4.79 Å². The van der Waals surface area contributed by atoms with E-state index in [4.69, 9.17) is 19.7 Å². The number of aromatic nitrogens is 2. The van der Waals surface area contributed by atoms with Crippen LogP contribution in [0.25, 0.3) is 0 Å². The zero-order chi connectivity index (χ0) is 22.5. The lowest BCUT2D eigenvalue weighted by atomic mass is 10.1. The molecule has 2 atom stereocenters. The van der Waals surface area contributed by atoms with Crippen LogP contribution in [0.3, 0.4) is 0 Å². The Labute approximate surface area is 167 Å². The monoisotopic (exact) mass is 429 g/mol. The van der Waals surface area contributed by atoms with Crippen LogP contribution >= 0.6 is 0 Å². The van der Waals surface area contributed by atoms with Crippen molar-refractivity contribution in [2.24, 2.45) is 0 Å². The van der Waals surface area contributed by atoms with Gasteiger partial charge in [0.1, 0.15) is 23.4 Å². The molecule has 1 aromatic carbocycles. The molecule has 0 saturated heterocycles. The summed E-state index contributed by atoms with van der Waals surface area (Å²) in [6, 6.07) is 6.76. The third-order valence-corrected chi connectivity index (χ3v) is 3.73. The summed E-state index contributed by atoms with van der Waals surface area (Å²) in [4.78, 5) is 38.9. The van der Waals surface area contributed by atoms with Crippen LogP contribution in [-0.4, -0.2) is 68.7 Å². The highest BCUT2D eigenvalue weighted by Gasteiger charge is 2.50. The van der Waals surface area contributed by atoms with Crippen molar-refractivity contribution in [3.05, 3.63) is 47.0 Å². The second kappa shape index (κ2) is 9.39. The normalized spacial score (nSPS) is 13.3. The molecule has 0 bridgehead atoms. The van der Waals surface area contributed by atoms with Crippen molar-refractivity contribution in [2.75, 3.05) is 19.0 Å². The van der Waals surface area contributed by atoms with Gasteiger partial charge >= 0.3 is 23.6 Å². The number of carbonyl (C=O) groups is 2. The molecule has 162 valence electrons. The molecule has 0 aliphatic rings. The van der Waals surface area contributed by atoms with Gasteiger partial charge in [-0.2, -0.15) is 13.8 Å². The fourth-order valence-corrected chi connectivity index (χ4v) is 2.14. The summed E-state index contributed by atoms with van der Waals surface area (Å²) in [5.41, 5.74) is -1.49. The van der Waals surface area contributed by atoms with Crippen LogP contribution in [0, 0.1) is 0 Å². The molecule has 30 heavy (non-hydrogen) atoms. The second-order valence-electron chi connectivity index (χ2n) is 5.78. The summed E-state index contributed by atoms with van der Waals surface area (Å²) in [7, 11) is 1.45. The van der Waals surface area contributed by atoms with E-state index < -0.39 is 48.2 Å². The Balaban J connectivity index is 2.11. The van der Waals surface area contributed by atoms with E-state index in [0.29, 0.717) is 11.9 Å². The number of methoxy groups -OCH3 is 1. The van der Waals surface area contributed by atoms with Gasteiger partial charge in [0, 0.05) is 6.20 Å². The summed E-state index contributed by atoms with van der Waals surface area (Å²) in [5, 5.41) is 29.1. The maximum atomic E-state index is 14.0. The van der Waals surface area contributed by atoms with Gasteiger partial charge in [0.25, 0.3) is 0 Å². The number of benzene rings is 1. The largest absolute Gasteiger partial charge is 0.497 e. The van der Waals surface area contributed by atoms with Crippen LogP contribution in [0.4, 0.5) is 19.4 Å². The predicted octanol–water partition coefficient (Wildman–Crippen LogP) is -0.148.